The maximum atomic E-state index is 13.1. The van der Waals surface area contributed by atoms with Crippen molar-refractivity contribution in [2.45, 2.75) is 13.5 Å². The van der Waals surface area contributed by atoms with Gasteiger partial charge in [-0.3, -0.25) is 9.59 Å². The number of hydrogen-bond acceptors (Lipinski definition) is 5. The molecule has 168 valence electrons. The van der Waals surface area contributed by atoms with Gasteiger partial charge >= 0.3 is 0 Å². The monoisotopic (exact) mass is 483 g/mol. The van der Waals surface area contributed by atoms with Gasteiger partial charge in [0, 0.05) is 5.02 Å². The molecule has 5 nitrogen and oxygen atoms in total. The molecule has 0 spiro atoms. The van der Waals surface area contributed by atoms with Gasteiger partial charge in [-0.2, -0.15) is 0 Å². The Morgan fingerprint density at radius 3 is 2.52 bits per heavy atom. The first kappa shape index (κ1) is 22.9. The minimum Gasteiger partial charge on any atom is -0.490 e. The van der Waals surface area contributed by atoms with Gasteiger partial charge in [-0.15, -0.1) is 0 Å². The highest BCUT2D eigenvalue weighted by Crippen LogP contribution is 2.37. The van der Waals surface area contributed by atoms with Crippen molar-refractivity contribution in [3.8, 4) is 11.5 Å². The molecule has 1 saturated heterocycles. The SMILES string of the molecule is CCOc1cc(/C=C2/SC(=O)N(c3cccc(Cl)c3)C2=O)ccc1OCc1ccc(F)cc1. The molecule has 3 aromatic carbocycles. The van der Waals surface area contributed by atoms with Gasteiger partial charge < -0.3 is 9.47 Å². The minimum absolute atomic E-state index is 0.248. The summed E-state index contributed by atoms with van der Waals surface area (Å²) in [6, 6.07) is 17.9. The number of rotatable bonds is 7. The lowest BCUT2D eigenvalue weighted by Crippen LogP contribution is -2.27. The van der Waals surface area contributed by atoms with Gasteiger partial charge in [0.15, 0.2) is 11.5 Å². The molecule has 1 aliphatic heterocycles. The van der Waals surface area contributed by atoms with Crippen molar-refractivity contribution in [1.82, 2.24) is 0 Å². The van der Waals surface area contributed by atoms with Crippen LogP contribution in [0.4, 0.5) is 14.9 Å². The first-order valence-electron chi connectivity index (χ1n) is 10.1. The summed E-state index contributed by atoms with van der Waals surface area (Å²) in [4.78, 5) is 26.8. The molecule has 33 heavy (non-hydrogen) atoms. The van der Waals surface area contributed by atoms with Crippen molar-refractivity contribution < 1.29 is 23.5 Å². The van der Waals surface area contributed by atoms with Gasteiger partial charge in [0.1, 0.15) is 12.4 Å². The Morgan fingerprint density at radius 1 is 1.00 bits per heavy atom. The van der Waals surface area contributed by atoms with Crippen molar-refractivity contribution >= 4 is 46.3 Å². The molecule has 2 amide bonds. The molecule has 4 rings (SSSR count). The summed E-state index contributed by atoms with van der Waals surface area (Å²) < 4.78 is 24.6. The van der Waals surface area contributed by atoms with Crippen LogP contribution in [0.25, 0.3) is 6.08 Å². The Kier molecular flexibility index (Phi) is 7.01. The number of thioether (sulfide) groups is 1. The normalized spacial score (nSPS) is 14.8. The predicted molar refractivity (Wildman–Crippen MR) is 128 cm³/mol. The molecule has 3 aromatic rings. The molecule has 0 saturated carbocycles. The van der Waals surface area contributed by atoms with Crippen LogP contribution in [0, 0.1) is 5.82 Å². The van der Waals surface area contributed by atoms with E-state index in [1.165, 1.54) is 12.1 Å². The second-order valence-electron chi connectivity index (χ2n) is 7.05. The Hall–Kier alpha value is -3.29. The van der Waals surface area contributed by atoms with Crippen molar-refractivity contribution in [3.05, 3.63) is 93.6 Å². The lowest BCUT2D eigenvalue weighted by atomic mass is 10.1. The molecule has 1 heterocycles. The molecule has 0 bridgehead atoms. The standard InChI is InChI=1S/C25H19ClFNO4S/c1-2-31-22-12-17(8-11-21(22)32-15-16-6-9-19(27)10-7-16)13-23-24(29)28(25(30)33-23)20-5-3-4-18(26)14-20/h3-14H,2,15H2,1H3/b23-13+. The topological polar surface area (TPSA) is 55.8 Å². The fraction of sp³-hybridized carbons (Fsp3) is 0.120. The number of imide groups is 1. The molecule has 1 fully saturated rings. The average molecular weight is 484 g/mol. The molecule has 0 radical (unpaired) electrons. The number of hydrogen-bond donors (Lipinski definition) is 0. The van der Waals surface area contributed by atoms with Crippen molar-refractivity contribution in [3.63, 3.8) is 0 Å². The van der Waals surface area contributed by atoms with E-state index < -0.39 is 11.1 Å². The zero-order chi connectivity index (χ0) is 23.4. The van der Waals surface area contributed by atoms with Gasteiger partial charge in [0.2, 0.25) is 0 Å². The number of carbonyl (C=O) groups excluding carboxylic acids is 2. The fourth-order valence-electron chi connectivity index (χ4n) is 3.20. The Balaban J connectivity index is 1.55. The van der Waals surface area contributed by atoms with E-state index in [2.05, 4.69) is 0 Å². The van der Waals surface area contributed by atoms with Gasteiger partial charge in [0.25, 0.3) is 11.1 Å². The molecule has 0 unspecified atom stereocenters. The number of anilines is 1. The van der Waals surface area contributed by atoms with Gasteiger partial charge in [-0.25, -0.2) is 9.29 Å². The molecule has 0 aliphatic carbocycles. The van der Waals surface area contributed by atoms with E-state index in [0.29, 0.717) is 39.3 Å². The smallest absolute Gasteiger partial charge is 0.298 e. The molecular weight excluding hydrogens is 465 g/mol. The molecule has 0 aromatic heterocycles. The van der Waals surface area contributed by atoms with Crippen LogP contribution in [0.2, 0.25) is 5.02 Å². The highest BCUT2D eigenvalue weighted by molar-refractivity contribution is 8.19. The summed E-state index contributed by atoms with van der Waals surface area (Å²) >= 11 is 6.87. The molecular formula is C25H19ClFNO4S. The summed E-state index contributed by atoms with van der Waals surface area (Å²) in [5.41, 5.74) is 1.93. The second-order valence-corrected chi connectivity index (χ2v) is 8.48. The predicted octanol–water partition coefficient (Wildman–Crippen LogP) is 6.70. The van der Waals surface area contributed by atoms with Crippen molar-refractivity contribution in [2.24, 2.45) is 0 Å². The Labute approximate surface area is 199 Å². The lowest BCUT2D eigenvalue weighted by Gasteiger charge is -2.13. The highest BCUT2D eigenvalue weighted by Gasteiger charge is 2.36. The van der Waals surface area contributed by atoms with Crippen LogP contribution in [-0.2, 0) is 11.4 Å². The van der Waals surface area contributed by atoms with Crippen molar-refractivity contribution in [1.29, 1.82) is 0 Å². The van der Waals surface area contributed by atoms with Crippen LogP contribution < -0.4 is 14.4 Å². The third-order valence-electron chi connectivity index (χ3n) is 4.73. The van der Waals surface area contributed by atoms with Crippen LogP contribution in [0.1, 0.15) is 18.1 Å². The number of ether oxygens (including phenoxy) is 2. The number of benzene rings is 3. The number of carbonyl (C=O) groups is 2. The number of nitrogens with zero attached hydrogens (tertiary/aromatic N) is 1. The van der Waals surface area contributed by atoms with E-state index >= 15 is 0 Å². The first-order chi connectivity index (χ1) is 15.9. The highest BCUT2D eigenvalue weighted by atomic mass is 35.5. The van der Waals surface area contributed by atoms with E-state index in [-0.39, 0.29) is 12.4 Å². The van der Waals surface area contributed by atoms with E-state index in [1.807, 2.05) is 6.92 Å². The van der Waals surface area contributed by atoms with E-state index in [9.17, 15) is 14.0 Å². The molecule has 0 N–H and O–H groups in total. The summed E-state index contributed by atoms with van der Waals surface area (Å²) in [7, 11) is 0. The quantitative estimate of drug-likeness (QED) is 0.350. The van der Waals surface area contributed by atoms with Crippen molar-refractivity contribution in [2.75, 3.05) is 11.5 Å². The Bertz CT molecular complexity index is 1230. The van der Waals surface area contributed by atoms with Crippen LogP contribution in [-0.4, -0.2) is 17.8 Å². The maximum absolute atomic E-state index is 13.1. The third kappa shape index (κ3) is 5.38. The second kappa shape index (κ2) is 10.1. The maximum Gasteiger partial charge on any atom is 0.298 e. The van der Waals surface area contributed by atoms with Gasteiger partial charge in [0.05, 0.1) is 17.2 Å². The summed E-state index contributed by atoms with van der Waals surface area (Å²) in [5, 5.41) is 0.0471. The fourth-order valence-corrected chi connectivity index (χ4v) is 4.23. The largest absolute Gasteiger partial charge is 0.490 e. The van der Waals surface area contributed by atoms with E-state index in [1.54, 1.807) is 60.7 Å². The van der Waals surface area contributed by atoms with Crippen LogP contribution in [0.3, 0.4) is 0 Å². The van der Waals surface area contributed by atoms with E-state index in [4.69, 9.17) is 21.1 Å². The Morgan fingerprint density at radius 2 is 1.79 bits per heavy atom. The lowest BCUT2D eigenvalue weighted by molar-refractivity contribution is -0.113. The molecule has 8 heteroatoms. The summed E-state index contributed by atoms with van der Waals surface area (Å²) in [5.74, 6) is 0.299. The first-order valence-corrected chi connectivity index (χ1v) is 11.3. The molecule has 1 aliphatic rings. The van der Waals surface area contributed by atoms with E-state index in [0.717, 1.165) is 22.2 Å². The van der Waals surface area contributed by atoms with Crippen LogP contribution in [0.15, 0.2) is 71.6 Å². The average Bonchev–Trinajstić information content (AvgIpc) is 3.07. The number of halogens is 2. The number of amides is 2. The summed E-state index contributed by atoms with van der Waals surface area (Å²) in [6.07, 6.45) is 1.64. The minimum atomic E-state index is -0.415. The third-order valence-corrected chi connectivity index (χ3v) is 5.84. The summed E-state index contributed by atoms with van der Waals surface area (Å²) in [6.45, 7) is 2.52. The zero-order valence-electron chi connectivity index (χ0n) is 17.6. The zero-order valence-corrected chi connectivity index (χ0v) is 19.2. The van der Waals surface area contributed by atoms with Gasteiger partial charge in [-0.1, -0.05) is 35.9 Å². The van der Waals surface area contributed by atoms with Gasteiger partial charge in [-0.05, 0) is 78.4 Å². The molecule has 0 atom stereocenters. The van der Waals surface area contributed by atoms with Crippen LogP contribution in [0.5, 0.6) is 11.5 Å². The van der Waals surface area contributed by atoms with Crippen LogP contribution >= 0.6 is 23.4 Å².